The summed E-state index contributed by atoms with van der Waals surface area (Å²) in [5.74, 6) is -6.53. The molecule has 2 saturated carbocycles. The van der Waals surface area contributed by atoms with Crippen molar-refractivity contribution in [1.82, 2.24) is 0 Å². The van der Waals surface area contributed by atoms with Crippen LogP contribution >= 0.6 is 0 Å². The molecule has 2 aliphatic carbocycles. The molecule has 0 aliphatic heterocycles. The zero-order valence-corrected chi connectivity index (χ0v) is 17.1. The number of rotatable bonds is 6. The topological polar surface area (TPSA) is 80.7 Å². The zero-order valence-electron chi connectivity index (χ0n) is 16.3. The van der Waals surface area contributed by atoms with Crippen LogP contribution in [0.4, 0.5) is 26.3 Å². The van der Waals surface area contributed by atoms with E-state index in [0.29, 0.717) is 51.4 Å². The molecule has 0 spiro atoms. The first kappa shape index (κ1) is 25.2. The summed E-state index contributed by atoms with van der Waals surface area (Å²) in [5.41, 5.74) is -5.33. The monoisotopic (exact) mass is 468 g/mol. The van der Waals surface area contributed by atoms with Crippen LogP contribution in [-0.2, 0) is 19.6 Å². The maximum absolute atomic E-state index is 13.5. The Hall–Kier alpha value is -1.04. The van der Waals surface area contributed by atoms with E-state index >= 15 is 0 Å². The van der Waals surface area contributed by atoms with Crippen molar-refractivity contribution >= 4 is 16.1 Å². The van der Waals surface area contributed by atoms with E-state index < -0.39 is 57.5 Å². The van der Waals surface area contributed by atoms with Crippen molar-refractivity contribution in [3.05, 3.63) is 0 Å². The van der Waals surface area contributed by atoms with E-state index in [9.17, 15) is 39.6 Å². The lowest BCUT2D eigenvalue weighted by Crippen LogP contribution is -2.64. The third kappa shape index (κ3) is 5.80. The van der Waals surface area contributed by atoms with E-state index in [-0.39, 0.29) is 0 Å². The SMILES string of the molecule is O=C(OC(CS(=O)(=O)O)(C(F)(F)F)C(F)(F)F)C(C1CCCCC1)C1CCCCC1. The van der Waals surface area contributed by atoms with Crippen molar-refractivity contribution < 1.29 is 48.8 Å². The lowest BCUT2D eigenvalue weighted by atomic mass is 9.69. The number of halogens is 6. The quantitative estimate of drug-likeness (QED) is 0.335. The summed E-state index contributed by atoms with van der Waals surface area (Å²) in [6, 6.07) is 0. The number of alkyl halides is 6. The summed E-state index contributed by atoms with van der Waals surface area (Å²) in [4.78, 5) is 12.8. The second kappa shape index (κ2) is 9.22. The summed E-state index contributed by atoms with van der Waals surface area (Å²) in [7, 11) is -5.79. The van der Waals surface area contributed by atoms with Gasteiger partial charge in [-0.15, -0.1) is 0 Å². The molecule has 0 heterocycles. The van der Waals surface area contributed by atoms with E-state index in [1.165, 1.54) is 0 Å². The minimum Gasteiger partial charge on any atom is -0.438 e. The van der Waals surface area contributed by atoms with Gasteiger partial charge in [0.1, 0.15) is 5.75 Å². The van der Waals surface area contributed by atoms with Crippen molar-refractivity contribution in [2.24, 2.45) is 17.8 Å². The van der Waals surface area contributed by atoms with Crippen LogP contribution < -0.4 is 0 Å². The number of carbonyl (C=O) groups is 1. The molecule has 2 fully saturated rings. The van der Waals surface area contributed by atoms with E-state index in [0.717, 1.165) is 12.8 Å². The Morgan fingerprint density at radius 2 is 1.20 bits per heavy atom. The molecule has 1 N–H and O–H groups in total. The molecule has 0 aromatic heterocycles. The Morgan fingerprint density at radius 3 is 1.50 bits per heavy atom. The molecular weight excluding hydrogens is 442 g/mol. The van der Waals surface area contributed by atoms with Crippen LogP contribution in [0.25, 0.3) is 0 Å². The van der Waals surface area contributed by atoms with E-state index in [2.05, 4.69) is 4.74 Å². The van der Waals surface area contributed by atoms with E-state index in [1.54, 1.807) is 0 Å². The van der Waals surface area contributed by atoms with Crippen LogP contribution in [0, 0.1) is 17.8 Å². The average molecular weight is 468 g/mol. The predicted octanol–water partition coefficient (Wildman–Crippen LogP) is 5.06. The van der Waals surface area contributed by atoms with Gasteiger partial charge < -0.3 is 4.74 Å². The molecule has 0 saturated heterocycles. The second-order valence-corrected chi connectivity index (χ2v) is 9.74. The maximum atomic E-state index is 13.5. The van der Waals surface area contributed by atoms with Gasteiger partial charge in [-0.3, -0.25) is 9.35 Å². The third-order valence-corrected chi connectivity index (χ3v) is 6.94. The van der Waals surface area contributed by atoms with Crippen molar-refractivity contribution in [3.8, 4) is 0 Å². The second-order valence-electron chi connectivity index (χ2n) is 8.29. The first-order valence-corrected chi connectivity index (χ1v) is 11.6. The van der Waals surface area contributed by atoms with Crippen molar-refractivity contribution in [3.63, 3.8) is 0 Å². The Kier molecular flexibility index (Phi) is 7.75. The molecule has 0 bridgehead atoms. The van der Waals surface area contributed by atoms with Crippen molar-refractivity contribution in [1.29, 1.82) is 0 Å². The number of carbonyl (C=O) groups excluding carboxylic acids is 1. The lowest BCUT2D eigenvalue weighted by Gasteiger charge is -2.40. The van der Waals surface area contributed by atoms with Crippen molar-refractivity contribution in [2.45, 2.75) is 82.2 Å². The first-order valence-electron chi connectivity index (χ1n) is 9.99. The predicted molar refractivity (Wildman–Crippen MR) is 94.0 cm³/mol. The van der Waals surface area contributed by atoms with Gasteiger partial charge in [-0.05, 0) is 37.5 Å². The summed E-state index contributed by atoms with van der Waals surface area (Å²) in [6.45, 7) is 0. The standard InChI is InChI=1S/C18H26F6O5S/c19-17(20,21)16(18(22,23)24,11-30(26,27)28)29-15(25)14(12-7-3-1-4-8-12)13-9-5-2-6-10-13/h12-14H,1-11H2,(H,26,27,28). The van der Waals surface area contributed by atoms with E-state index in [1.807, 2.05) is 0 Å². The van der Waals surface area contributed by atoms with Gasteiger partial charge in [0.05, 0.1) is 5.92 Å². The minimum atomic E-state index is -6.29. The highest BCUT2D eigenvalue weighted by Gasteiger charge is 2.76. The summed E-state index contributed by atoms with van der Waals surface area (Å²) in [6.07, 6.45) is -6.10. The lowest BCUT2D eigenvalue weighted by molar-refractivity contribution is -0.362. The third-order valence-electron chi connectivity index (χ3n) is 6.16. The fourth-order valence-corrected chi connectivity index (χ4v) is 5.62. The smallest absolute Gasteiger partial charge is 0.438 e. The molecule has 2 aliphatic rings. The molecule has 0 unspecified atom stereocenters. The molecule has 0 atom stereocenters. The van der Waals surface area contributed by atoms with Crippen LogP contribution in [-0.4, -0.2) is 42.6 Å². The number of esters is 1. The Labute approximate surface area is 171 Å². The van der Waals surface area contributed by atoms with Crippen LogP contribution in [0.1, 0.15) is 64.2 Å². The van der Waals surface area contributed by atoms with Gasteiger partial charge in [0.2, 0.25) is 0 Å². The Balaban J connectivity index is 2.44. The molecule has 30 heavy (non-hydrogen) atoms. The Morgan fingerprint density at radius 1 is 0.833 bits per heavy atom. The highest BCUT2D eigenvalue weighted by atomic mass is 32.2. The largest absolute Gasteiger partial charge is 0.438 e. The normalized spacial score (nSPS) is 21.1. The molecular formula is C18H26F6O5S. The molecule has 2 rings (SSSR count). The van der Waals surface area contributed by atoms with Crippen LogP contribution in [0.2, 0.25) is 0 Å². The van der Waals surface area contributed by atoms with Gasteiger partial charge in [-0.2, -0.15) is 34.8 Å². The number of hydrogen-bond acceptors (Lipinski definition) is 4. The molecule has 0 amide bonds. The van der Waals surface area contributed by atoms with Gasteiger partial charge in [-0.25, -0.2) is 0 Å². The van der Waals surface area contributed by atoms with Gasteiger partial charge in [0, 0.05) is 0 Å². The molecule has 0 radical (unpaired) electrons. The first-order chi connectivity index (χ1) is 13.7. The van der Waals surface area contributed by atoms with Gasteiger partial charge in [0.25, 0.3) is 10.1 Å². The fraction of sp³-hybridized carbons (Fsp3) is 0.944. The highest BCUT2D eigenvalue weighted by Crippen LogP contribution is 2.49. The van der Waals surface area contributed by atoms with Crippen LogP contribution in [0.5, 0.6) is 0 Å². The molecule has 0 aromatic carbocycles. The summed E-state index contributed by atoms with van der Waals surface area (Å²) in [5, 5.41) is 0. The zero-order chi connectivity index (χ0) is 22.8. The summed E-state index contributed by atoms with van der Waals surface area (Å²) >= 11 is 0. The van der Waals surface area contributed by atoms with Gasteiger partial charge >= 0.3 is 23.9 Å². The maximum Gasteiger partial charge on any atom is 0.438 e. The molecule has 0 aromatic rings. The van der Waals surface area contributed by atoms with E-state index in [4.69, 9.17) is 4.55 Å². The van der Waals surface area contributed by atoms with Gasteiger partial charge in [-0.1, -0.05) is 38.5 Å². The van der Waals surface area contributed by atoms with Crippen LogP contribution in [0.3, 0.4) is 0 Å². The molecule has 176 valence electrons. The van der Waals surface area contributed by atoms with Crippen LogP contribution in [0.15, 0.2) is 0 Å². The van der Waals surface area contributed by atoms with Gasteiger partial charge in [0.15, 0.2) is 0 Å². The van der Waals surface area contributed by atoms with Crippen molar-refractivity contribution in [2.75, 3.05) is 5.75 Å². The molecule has 5 nitrogen and oxygen atoms in total. The number of hydrogen-bond donors (Lipinski definition) is 1. The molecule has 12 heteroatoms. The Bertz CT molecular complexity index is 659. The highest BCUT2D eigenvalue weighted by molar-refractivity contribution is 7.85. The number of ether oxygens (including phenoxy) is 1. The summed E-state index contributed by atoms with van der Waals surface area (Å²) < 4.78 is 116. The minimum absolute atomic E-state index is 0.417. The average Bonchev–Trinajstić information content (AvgIpc) is 2.60. The fourth-order valence-electron chi connectivity index (χ4n) is 4.72.